The number of hydrogen-bond acceptors (Lipinski definition) is 3. The van der Waals surface area contributed by atoms with E-state index >= 15 is 0 Å². The molecular weight excluding hydrogens is 313 g/mol. The van der Waals surface area contributed by atoms with Gasteiger partial charge in [0, 0.05) is 15.7 Å². The second-order valence-electron chi connectivity index (χ2n) is 4.79. The van der Waals surface area contributed by atoms with Gasteiger partial charge in [0.1, 0.15) is 0 Å². The van der Waals surface area contributed by atoms with Crippen molar-refractivity contribution in [3.8, 4) is 0 Å². The van der Waals surface area contributed by atoms with Crippen LogP contribution in [0.25, 0.3) is 0 Å². The molecule has 4 heteroatoms. The Hall–Kier alpha value is -0.490. The number of likely N-dealkylation sites (N-methyl/N-ethyl adjacent to an activating group) is 1. The van der Waals surface area contributed by atoms with Crippen molar-refractivity contribution in [1.82, 2.24) is 4.90 Å². The first-order valence-corrected chi connectivity index (χ1v) is 6.37. The molecule has 3 nitrogen and oxygen atoms in total. The van der Waals surface area contributed by atoms with Crippen molar-refractivity contribution < 1.29 is 0 Å². The monoisotopic (exact) mass is 333 g/mol. The van der Waals surface area contributed by atoms with Crippen LogP contribution in [0.5, 0.6) is 0 Å². The lowest BCUT2D eigenvalue weighted by atomic mass is 10.0. The van der Waals surface area contributed by atoms with Gasteiger partial charge in [0.15, 0.2) is 0 Å². The molecular formula is C12H20IN3. The third kappa shape index (κ3) is 3.52. The van der Waals surface area contributed by atoms with Crippen LogP contribution in [-0.4, -0.2) is 31.1 Å². The lowest BCUT2D eigenvalue weighted by molar-refractivity contribution is 0.210. The number of nitrogen functional groups attached to an aromatic ring is 1. The normalized spacial score (nSPS) is 11.9. The molecule has 0 fully saturated rings. The zero-order valence-corrected chi connectivity index (χ0v) is 12.5. The molecule has 0 aliphatic rings. The highest BCUT2D eigenvalue weighted by Gasteiger charge is 2.20. The van der Waals surface area contributed by atoms with Gasteiger partial charge in [-0.3, -0.25) is 0 Å². The molecule has 0 bridgehead atoms. The molecule has 0 aliphatic heterocycles. The third-order valence-electron chi connectivity index (χ3n) is 2.94. The lowest BCUT2D eigenvalue weighted by Gasteiger charge is -2.33. The van der Waals surface area contributed by atoms with E-state index in [-0.39, 0.29) is 5.54 Å². The van der Waals surface area contributed by atoms with Gasteiger partial charge >= 0.3 is 0 Å². The molecule has 1 rings (SSSR count). The van der Waals surface area contributed by atoms with Gasteiger partial charge in [0.2, 0.25) is 0 Å². The number of hydrogen-bond donors (Lipinski definition) is 2. The summed E-state index contributed by atoms with van der Waals surface area (Å²) in [7, 11) is 4.16. The summed E-state index contributed by atoms with van der Waals surface area (Å²) >= 11 is 2.26. The Morgan fingerprint density at radius 2 is 2.00 bits per heavy atom. The summed E-state index contributed by atoms with van der Waals surface area (Å²) in [6.45, 7) is 5.26. The molecule has 0 unspecified atom stereocenters. The smallest absolute Gasteiger partial charge is 0.0575 e. The van der Waals surface area contributed by atoms with Gasteiger partial charge in [0.25, 0.3) is 0 Å². The highest BCUT2D eigenvalue weighted by atomic mass is 127. The summed E-state index contributed by atoms with van der Waals surface area (Å²) in [5.41, 5.74) is 7.87. The number of rotatable bonds is 4. The number of nitrogens with one attached hydrogen (secondary N) is 1. The van der Waals surface area contributed by atoms with Gasteiger partial charge in [0.05, 0.1) is 11.4 Å². The summed E-state index contributed by atoms with van der Waals surface area (Å²) in [5, 5.41) is 3.39. The summed E-state index contributed by atoms with van der Waals surface area (Å²) < 4.78 is 1.16. The van der Waals surface area contributed by atoms with Crippen LogP contribution < -0.4 is 11.1 Å². The number of anilines is 2. The van der Waals surface area contributed by atoms with Crippen molar-refractivity contribution in [2.75, 3.05) is 31.7 Å². The number of halogens is 1. The first-order chi connectivity index (χ1) is 7.33. The molecule has 0 amide bonds. The van der Waals surface area contributed by atoms with Gasteiger partial charge < -0.3 is 16.0 Å². The molecule has 0 heterocycles. The second kappa shape index (κ2) is 5.23. The minimum Gasteiger partial charge on any atom is -0.397 e. The maximum Gasteiger partial charge on any atom is 0.0575 e. The first kappa shape index (κ1) is 13.6. The van der Waals surface area contributed by atoms with Gasteiger partial charge in [-0.15, -0.1) is 0 Å². The Labute approximate surface area is 112 Å². The van der Waals surface area contributed by atoms with Crippen molar-refractivity contribution in [2.24, 2.45) is 0 Å². The topological polar surface area (TPSA) is 41.3 Å². The molecule has 16 heavy (non-hydrogen) atoms. The van der Waals surface area contributed by atoms with E-state index in [1.807, 2.05) is 12.1 Å². The van der Waals surface area contributed by atoms with Crippen molar-refractivity contribution >= 4 is 34.0 Å². The minimum absolute atomic E-state index is 0.107. The van der Waals surface area contributed by atoms with E-state index < -0.39 is 0 Å². The molecule has 1 aromatic rings. The predicted molar refractivity (Wildman–Crippen MR) is 79.8 cm³/mol. The number of nitrogens with zero attached hydrogens (tertiary/aromatic N) is 1. The van der Waals surface area contributed by atoms with Crippen LogP contribution in [0.15, 0.2) is 18.2 Å². The Balaban J connectivity index is 2.68. The average molecular weight is 333 g/mol. The summed E-state index contributed by atoms with van der Waals surface area (Å²) in [6.07, 6.45) is 0. The van der Waals surface area contributed by atoms with Crippen LogP contribution in [-0.2, 0) is 0 Å². The van der Waals surface area contributed by atoms with Crippen LogP contribution in [0.2, 0.25) is 0 Å². The Bertz CT molecular complexity index is 361. The zero-order valence-electron chi connectivity index (χ0n) is 10.3. The molecule has 0 saturated heterocycles. The van der Waals surface area contributed by atoms with Crippen LogP contribution in [0, 0.1) is 3.57 Å². The van der Waals surface area contributed by atoms with Crippen LogP contribution in [0.3, 0.4) is 0 Å². The predicted octanol–water partition coefficient (Wildman–Crippen LogP) is 2.63. The second-order valence-corrected chi connectivity index (χ2v) is 6.04. The molecule has 0 aromatic heterocycles. The van der Waals surface area contributed by atoms with Gasteiger partial charge in [-0.1, -0.05) is 0 Å². The van der Waals surface area contributed by atoms with Gasteiger partial charge in [-0.2, -0.15) is 0 Å². The third-order valence-corrected chi connectivity index (χ3v) is 3.61. The van der Waals surface area contributed by atoms with E-state index in [4.69, 9.17) is 5.73 Å². The molecule has 0 spiro atoms. The number of nitrogens with two attached hydrogens (primary N) is 1. The zero-order chi connectivity index (χ0) is 12.3. The van der Waals surface area contributed by atoms with Crippen molar-refractivity contribution in [3.05, 3.63) is 21.8 Å². The fourth-order valence-electron chi connectivity index (χ4n) is 1.16. The van der Waals surface area contributed by atoms with Crippen molar-refractivity contribution in [2.45, 2.75) is 19.4 Å². The Morgan fingerprint density at radius 3 is 2.50 bits per heavy atom. The fraction of sp³-hybridized carbons (Fsp3) is 0.500. The maximum atomic E-state index is 5.95. The van der Waals surface area contributed by atoms with Crippen molar-refractivity contribution in [3.63, 3.8) is 0 Å². The SMILES string of the molecule is CN(C)C(C)(C)CNc1ccc(I)cc1N. The number of benzene rings is 1. The summed E-state index contributed by atoms with van der Waals surface area (Å²) in [4.78, 5) is 2.20. The Morgan fingerprint density at radius 1 is 1.38 bits per heavy atom. The molecule has 0 saturated carbocycles. The van der Waals surface area contributed by atoms with Crippen LogP contribution in [0.4, 0.5) is 11.4 Å². The van der Waals surface area contributed by atoms with Crippen LogP contribution >= 0.6 is 22.6 Å². The standard InChI is InChI=1S/C12H20IN3/c1-12(2,16(3)4)8-15-11-6-5-9(13)7-10(11)14/h5-7,15H,8,14H2,1-4H3. The molecule has 3 N–H and O–H groups in total. The van der Waals surface area contributed by atoms with E-state index in [0.717, 1.165) is 21.5 Å². The van der Waals surface area contributed by atoms with Crippen molar-refractivity contribution in [1.29, 1.82) is 0 Å². The average Bonchev–Trinajstić information content (AvgIpc) is 2.16. The van der Waals surface area contributed by atoms with E-state index in [0.29, 0.717) is 0 Å². The molecule has 1 aromatic carbocycles. The van der Waals surface area contributed by atoms with Gasteiger partial charge in [-0.05, 0) is 68.7 Å². The van der Waals surface area contributed by atoms with E-state index in [1.165, 1.54) is 0 Å². The van der Waals surface area contributed by atoms with Crippen LogP contribution in [0.1, 0.15) is 13.8 Å². The van der Waals surface area contributed by atoms with E-state index in [2.05, 4.69) is 66.8 Å². The fourth-order valence-corrected chi connectivity index (χ4v) is 1.68. The summed E-state index contributed by atoms with van der Waals surface area (Å²) in [6, 6.07) is 6.07. The highest BCUT2D eigenvalue weighted by Crippen LogP contribution is 2.22. The molecule has 90 valence electrons. The van der Waals surface area contributed by atoms with Gasteiger partial charge in [-0.25, -0.2) is 0 Å². The molecule has 0 atom stereocenters. The molecule has 0 aliphatic carbocycles. The minimum atomic E-state index is 0.107. The maximum absolute atomic E-state index is 5.95. The highest BCUT2D eigenvalue weighted by molar-refractivity contribution is 14.1. The summed E-state index contributed by atoms with van der Waals surface area (Å²) in [5.74, 6) is 0. The van der Waals surface area contributed by atoms with E-state index in [1.54, 1.807) is 0 Å². The molecule has 0 radical (unpaired) electrons. The Kier molecular flexibility index (Phi) is 4.43. The largest absolute Gasteiger partial charge is 0.397 e. The quantitative estimate of drug-likeness (QED) is 0.657. The first-order valence-electron chi connectivity index (χ1n) is 5.29. The van der Waals surface area contributed by atoms with E-state index in [9.17, 15) is 0 Å². The lowest BCUT2D eigenvalue weighted by Crippen LogP contribution is -2.44.